The molecule has 0 spiro atoms. The molecule has 0 saturated carbocycles. The molecule has 20 heavy (non-hydrogen) atoms. The quantitative estimate of drug-likeness (QED) is 0.739. The van der Waals surface area contributed by atoms with Crippen molar-refractivity contribution in [3.63, 3.8) is 0 Å². The zero-order chi connectivity index (χ0) is 14.9. The molecule has 0 fully saturated rings. The Hall–Kier alpha value is -0.550. The van der Waals surface area contributed by atoms with Gasteiger partial charge in [0.05, 0.1) is 13.2 Å². The summed E-state index contributed by atoms with van der Waals surface area (Å²) < 4.78 is 7.36. The van der Waals surface area contributed by atoms with E-state index in [1.807, 2.05) is 31.2 Å². The van der Waals surface area contributed by atoms with E-state index in [-0.39, 0.29) is 6.04 Å². The van der Waals surface area contributed by atoms with E-state index in [0.29, 0.717) is 5.02 Å². The summed E-state index contributed by atoms with van der Waals surface area (Å²) in [5, 5.41) is 0.638. The first-order chi connectivity index (χ1) is 9.43. The van der Waals surface area contributed by atoms with Gasteiger partial charge in [-0.15, -0.1) is 0 Å². The van der Waals surface area contributed by atoms with Crippen molar-refractivity contribution in [3.05, 3.63) is 61.0 Å². The minimum absolute atomic E-state index is 0.324. The van der Waals surface area contributed by atoms with Crippen LogP contribution in [0.15, 0.2) is 39.3 Å². The molecule has 0 heterocycles. The third-order valence-corrected chi connectivity index (χ3v) is 4.92. The second kappa shape index (κ2) is 6.48. The number of nitrogens with two attached hydrogens (primary N) is 1. The first-order valence-corrected chi connectivity index (χ1v) is 7.95. The van der Waals surface area contributed by atoms with Gasteiger partial charge in [-0.3, -0.25) is 0 Å². The maximum absolute atomic E-state index is 6.39. The molecule has 0 radical (unpaired) electrons. The number of methoxy groups -OCH3 is 1. The summed E-state index contributed by atoms with van der Waals surface area (Å²) in [5.74, 6) is 0.727. The van der Waals surface area contributed by atoms with Crippen molar-refractivity contribution in [2.75, 3.05) is 7.11 Å². The minimum Gasteiger partial charge on any atom is -0.496 e. The third-order valence-electron chi connectivity index (χ3n) is 3.14. The van der Waals surface area contributed by atoms with E-state index in [2.05, 4.69) is 31.9 Å². The Bertz CT molecular complexity index is 646. The van der Waals surface area contributed by atoms with Crippen LogP contribution in [0.25, 0.3) is 0 Å². The van der Waals surface area contributed by atoms with Crippen LogP contribution in [0.4, 0.5) is 0 Å². The number of rotatable bonds is 3. The summed E-state index contributed by atoms with van der Waals surface area (Å²) in [4.78, 5) is 0. The highest BCUT2D eigenvalue weighted by Crippen LogP contribution is 2.36. The van der Waals surface area contributed by atoms with E-state index in [1.54, 1.807) is 13.2 Å². The molecule has 2 N–H and O–H groups in total. The van der Waals surface area contributed by atoms with Crippen molar-refractivity contribution in [2.45, 2.75) is 13.0 Å². The number of aryl methyl sites for hydroxylation is 1. The summed E-state index contributed by atoms with van der Waals surface area (Å²) in [7, 11) is 1.62. The molecule has 1 atom stereocenters. The number of ether oxygens (including phenoxy) is 1. The topological polar surface area (TPSA) is 35.2 Å². The van der Waals surface area contributed by atoms with E-state index < -0.39 is 0 Å². The van der Waals surface area contributed by atoms with Gasteiger partial charge in [-0.1, -0.05) is 43.5 Å². The van der Waals surface area contributed by atoms with Crippen LogP contribution >= 0.6 is 43.5 Å². The van der Waals surface area contributed by atoms with Crippen LogP contribution in [0.2, 0.25) is 5.02 Å². The Morgan fingerprint density at radius 2 is 1.80 bits per heavy atom. The number of hydrogen-bond donors (Lipinski definition) is 1. The highest BCUT2D eigenvalue weighted by Gasteiger charge is 2.18. The molecule has 106 valence electrons. The maximum Gasteiger partial charge on any atom is 0.124 e. The van der Waals surface area contributed by atoms with E-state index in [0.717, 1.165) is 31.4 Å². The van der Waals surface area contributed by atoms with Crippen molar-refractivity contribution in [1.29, 1.82) is 0 Å². The van der Waals surface area contributed by atoms with Crippen LogP contribution < -0.4 is 10.5 Å². The van der Waals surface area contributed by atoms with Crippen LogP contribution in [0.5, 0.6) is 5.75 Å². The molecule has 2 rings (SSSR count). The molecule has 0 saturated heterocycles. The van der Waals surface area contributed by atoms with Crippen molar-refractivity contribution in [3.8, 4) is 5.75 Å². The lowest BCUT2D eigenvalue weighted by molar-refractivity contribution is 0.408. The Morgan fingerprint density at radius 3 is 2.45 bits per heavy atom. The Balaban J connectivity index is 2.54. The molecule has 0 aliphatic heterocycles. The van der Waals surface area contributed by atoms with Crippen LogP contribution in [-0.2, 0) is 0 Å². The molecule has 1 unspecified atom stereocenters. The van der Waals surface area contributed by atoms with E-state index >= 15 is 0 Å². The zero-order valence-corrected chi connectivity index (χ0v) is 15.0. The third kappa shape index (κ3) is 3.19. The van der Waals surface area contributed by atoms with Gasteiger partial charge in [-0.2, -0.15) is 0 Å². The second-order valence-corrected chi connectivity index (χ2v) is 6.63. The van der Waals surface area contributed by atoms with E-state index in [9.17, 15) is 0 Å². The van der Waals surface area contributed by atoms with Crippen molar-refractivity contribution < 1.29 is 4.74 Å². The smallest absolute Gasteiger partial charge is 0.124 e. The van der Waals surface area contributed by atoms with Gasteiger partial charge in [0.15, 0.2) is 0 Å². The fraction of sp³-hybridized carbons (Fsp3) is 0.200. The highest BCUT2D eigenvalue weighted by molar-refractivity contribution is 9.11. The average Bonchev–Trinajstić information content (AvgIpc) is 2.42. The minimum atomic E-state index is -0.324. The van der Waals surface area contributed by atoms with Crippen molar-refractivity contribution >= 4 is 43.5 Å². The lowest BCUT2D eigenvalue weighted by atomic mass is 9.98. The van der Waals surface area contributed by atoms with E-state index in [4.69, 9.17) is 22.1 Å². The molecule has 2 aromatic rings. The SMILES string of the molecule is COc1ccc(Cl)cc1C(N)c1cc(Br)c(C)cc1Br. The van der Waals surface area contributed by atoms with Crippen LogP contribution in [0, 0.1) is 6.92 Å². The van der Waals surface area contributed by atoms with Gasteiger partial charge in [0.2, 0.25) is 0 Å². The first kappa shape index (κ1) is 15.8. The van der Waals surface area contributed by atoms with Gasteiger partial charge in [0.25, 0.3) is 0 Å². The van der Waals surface area contributed by atoms with Gasteiger partial charge in [-0.05, 0) is 48.4 Å². The Labute approximate surface area is 140 Å². The van der Waals surface area contributed by atoms with Gasteiger partial charge < -0.3 is 10.5 Å². The molecular weight excluding hydrogens is 405 g/mol. The molecule has 0 aromatic heterocycles. The molecule has 0 aliphatic carbocycles. The largest absolute Gasteiger partial charge is 0.496 e. The summed E-state index contributed by atoms with van der Waals surface area (Å²) in [6, 6.07) is 9.19. The monoisotopic (exact) mass is 417 g/mol. The van der Waals surface area contributed by atoms with Crippen molar-refractivity contribution in [1.82, 2.24) is 0 Å². The summed E-state index contributed by atoms with van der Waals surface area (Å²) >= 11 is 13.2. The first-order valence-electron chi connectivity index (χ1n) is 5.98. The number of halogens is 3. The molecule has 0 amide bonds. The summed E-state index contributed by atoms with van der Waals surface area (Å²) in [5.41, 5.74) is 9.37. The second-order valence-electron chi connectivity index (χ2n) is 4.49. The van der Waals surface area contributed by atoms with Gasteiger partial charge in [-0.25, -0.2) is 0 Å². The maximum atomic E-state index is 6.39. The zero-order valence-electron chi connectivity index (χ0n) is 11.1. The average molecular weight is 420 g/mol. The lowest BCUT2D eigenvalue weighted by Crippen LogP contribution is -2.14. The standard InChI is InChI=1S/C15H14Br2ClNO/c1-8-5-13(17)10(7-12(8)16)15(19)11-6-9(18)3-4-14(11)20-2/h3-7,15H,19H2,1-2H3. The van der Waals surface area contributed by atoms with Crippen LogP contribution in [0.3, 0.4) is 0 Å². The van der Waals surface area contributed by atoms with Gasteiger partial charge >= 0.3 is 0 Å². The molecule has 2 nitrogen and oxygen atoms in total. The summed E-state index contributed by atoms with van der Waals surface area (Å²) in [6.07, 6.45) is 0. The predicted molar refractivity (Wildman–Crippen MR) is 90.6 cm³/mol. The fourth-order valence-corrected chi connectivity index (χ4v) is 3.26. The van der Waals surface area contributed by atoms with E-state index in [1.165, 1.54) is 0 Å². The van der Waals surface area contributed by atoms with Crippen molar-refractivity contribution in [2.24, 2.45) is 5.73 Å². The molecule has 5 heteroatoms. The number of benzene rings is 2. The summed E-state index contributed by atoms with van der Waals surface area (Å²) in [6.45, 7) is 2.03. The van der Waals surface area contributed by atoms with Crippen LogP contribution in [-0.4, -0.2) is 7.11 Å². The molecule has 0 bridgehead atoms. The normalized spacial score (nSPS) is 12.3. The number of hydrogen-bond acceptors (Lipinski definition) is 2. The predicted octanol–water partition coefficient (Wildman–Crippen LogP) is 5.23. The highest BCUT2D eigenvalue weighted by atomic mass is 79.9. The molecule has 2 aromatic carbocycles. The Kier molecular flexibility index (Phi) is 5.13. The molecule has 0 aliphatic rings. The fourth-order valence-electron chi connectivity index (χ4n) is 2.02. The van der Waals surface area contributed by atoms with Gasteiger partial charge in [0.1, 0.15) is 5.75 Å². The lowest BCUT2D eigenvalue weighted by Gasteiger charge is -2.19. The van der Waals surface area contributed by atoms with Gasteiger partial charge in [0, 0.05) is 19.5 Å². The Morgan fingerprint density at radius 1 is 1.10 bits per heavy atom. The molecular formula is C15H14Br2ClNO. The van der Waals surface area contributed by atoms with Crippen LogP contribution in [0.1, 0.15) is 22.7 Å².